The van der Waals surface area contributed by atoms with Gasteiger partial charge in [0.15, 0.2) is 0 Å². The van der Waals surface area contributed by atoms with E-state index in [1.165, 1.54) is 26.5 Å². The third-order valence-corrected chi connectivity index (χ3v) is 5.63. The zero-order valence-electron chi connectivity index (χ0n) is 12.7. The topological polar surface area (TPSA) is 60.8 Å². The first kappa shape index (κ1) is 15.6. The van der Waals surface area contributed by atoms with Crippen LogP contribution in [0.25, 0.3) is 0 Å². The largest absolute Gasteiger partial charge is 0.496 e. The molecule has 8 heteroatoms. The molecule has 1 aromatic heterocycles. The molecule has 0 saturated carbocycles. The van der Waals surface area contributed by atoms with Crippen molar-refractivity contribution in [3.05, 3.63) is 18.5 Å². The smallest absolute Gasteiger partial charge is 0.399 e. The number of hydrogen-bond donors (Lipinski definition) is 0. The van der Waals surface area contributed by atoms with Crippen LogP contribution in [-0.2, 0) is 19.5 Å². The van der Waals surface area contributed by atoms with Gasteiger partial charge in [-0.3, -0.25) is 0 Å². The van der Waals surface area contributed by atoms with Crippen LogP contribution in [0.2, 0.25) is 0 Å². The minimum atomic E-state index is -3.50. The SMILES string of the molecule is CN(C)S(=O)(=O)n1ccc(B2OC(C)(C)C(C)(C)O2)c1. The Morgan fingerprint density at radius 3 is 2.10 bits per heavy atom. The summed E-state index contributed by atoms with van der Waals surface area (Å²) in [7, 11) is -1.08. The van der Waals surface area contributed by atoms with Gasteiger partial charge in [-0.2, -0.15) is 12.7 Å². The van der Waals surface area contributed by atoms with Gasteiger partial charge in [0.1, 0.15) is 0 Å². The average molecular weight is 300 g/mol. The van der Waals surface area contributed by atoms with Gasteiger partial charge in [-0.25, -0.2) is 3.97 Å². The first-order chi connectivity index (χ1) is 8.97. The number of aromatic nitrogens is 1. The Morgan fingerprint density at radius 1 is 1.15 bits per heavy atom. The molecule has 6 nitrogen and oxygen atoms in total. The monoisotopic (exact) mass is 300 g/mol. The molecule has 0 amide bonds. The van der Waals surface area contributed by atoms with Crippen molar-refractivity contribution in [3.8, 4) is 0 Å². The summed E-state index contributed by atoms with van der Waals surface area (Å²) in [5.41, 5.74) is -0.200. The van der Waals surface area contributed by atoms with E-state index < -0.39 is 28.5 Å². The fourth-order valence-electron chi connectivity index (χ4n) is 1.84. The molecule has 0 spiro atoms. The van der Waals surface area contributed by atoms with E-state index in [2.05, 4.69) is 0 Å². The molecule has 0 N–H and O–H groups in total. The maximum Gasteiger partial charge on any atom is 0.496 e. The maximum absolute atomic E-state index is 12.0. The van der Waals surface area contributed by atoms with Crippen LogP contribution in [0.4, 0.5) is 0 Å². The van der Waals surface area contributed by atoms with E-state index >= 15 is 0 Å². The van der Waals surface area contributed by atoms with Gasteiger partial charge in [0.2, 0.25) is 0 Å². The van der Waals surface area contributed by atoms with Crippen molar-refractivity contribution in [1.82, 2.24) is 8.28 Å². The van der Waals surface area contributed by atoms with Crippen LogP contribution >= 0.6 is 0 Å². The van der Waals surface area contributed by atoms with Gasteiger partial charge >= 0.3 is 17.3 Å². The summed E-state index contributed by atoms with van der Waals surface area (Å²) in [6, 6.07) is 1.70. The molecule has 1 aliphatic heterocycles. The standard InChI is InChI=1S/C12H21BN2O4S/c1-11(2)12(3,4)19-13(18-11)10-7-8-15(9-10)20(16,17)14(5)6/h7-9H,1-6H3. The number of hydrogen-bond acceptors (Lipinski definition) is 4. The van der Waals surface area contributed by atoms with E-state index in [0.29, 0.717) is 5.46 Å². The van der Waals surface area contributed by atoms with Gasteiger partial charge in [-0.1, -0.05) is 0 Å². The molecule has 0 radical (unpaired) electrons. The summed E-state index contributed by atoms with van der Waals surface area (Å²) < 4.78 is 38.1. The van der Waals surface area contributed by atoms with Gasteiger partial charge in [0, 0.05) is 32.0 Å². The van der Waals surface area contributed by atoms with Crippen LogP contribution in [0.3, 0.4) is 0 Å². The van der Waals surface area contributed by atoms with E-state index in [0.717, 1.165) is 8.28 Å². The Morgan fingerprint density at radius 2 is 1.65 bits per heavy atom. The molecule has 1 aromatic rings. The molecule has 0 aromatic carbocycles. The van der Waals surface area contributed by atoms with Crippen molar-refractivity contribution in [2.75, 3.05) is 14.1 Å². The van der Waals surface area contributed by atoms with Gasteiger partial charge in [-0.05, 0) is 33.8 Å². The third kappa shape index (κ3) is 2.41. The third-order valence-electron chi connectivity index (χ3n) is 3.94. The highest BCUT2D eigenvalue weighted by molar-refractivity contribution is 7.87. The predicted molar refractivity (Wildman–Crippen MR) is 78.2 cm³/mol. The van der Waals surface area contributed by atoms with Gasteiger partial charge < -0.3 is 9.31 Å². The molecule has 1 saturated heterocycles. The van der Waals surface area contributed by atoms with E-state index in [1.807, 2.05) is 27.7 Å². The highest BCUT2D eigenvalue weighted by Gasteiger charge is 2.52. The highest BCUT2D eigenvalue weighted by Crippen LogP contribution is 2.36. The Balaban J connectivity index is 2.28. The average Bonchev–Trinajstić information content (AvgIpc) is 2.82. The molecule has 20 heavy (non-hydrogen) atoms. The lowest BCUT2D eigenvalue weighted by Gasteiger charge is -2.32. The fraction of sp³-hybridized carbons (Fsp3) is 0.667. The molecule has 1 fully saturated rings. The molecule has 2 heterocycles. The van der Waals surface area contributed by atoms with Gasteiger partial charge in [-0.15, -0.1) is 0 Å². The number of nitrogens with zero attached hydrogens (tertiary/aromatic N) is 2. The van der Waals surface area contributed by atoms with Crippen molar-refractivity contribution in [2.45, 2.75) is 38.9 Å². The molecule has 0 aliphatic carbocycles. The second-order valence-electron chi connectivity index (χ2n) is 6.15. The second-order valence-corrected chi connectivity index (χ2v) is 8.20. The quantitative estimate of drug-likeness (QED) is 0.760. The first-order valence-electron chi connectivity index (χ1n) is 6.44. The van der Waals surface area contributed by atoms with Crippen molar-refractivity contribution in [3.63, 3.8) is 0 Å². The summed E-state index contributed by atoms with van der Waals surface area (Å²) >= 11 is 0. The molecule has 2 rings (SSSR count). The van der Waals surface area contributed by atoms with Crippen molar-refractivity contribution >= 4 is 22.8 Å². The summed E-state index contributed by atoms with van der Waals surface area (Å²) in [5.74, 6) is 0. The Bertz CT molecular complexity index is 591. The normalized spacial score (nSPS) is 21.6. The van der Waals surface area contributed by atoms with Crippen molar-refractivity contribution < 1.29 is 17.7 Å². The van der Waals surface area contributed by atoms with Crippen molar-refractivity contribution in [1.29, 1.82) is 0 Å². The van der Waals surface area contributed by atoms with E-state index in [4.69, 9.17) is 9.31 Å². The van der Waals surface area contributed by atoms with Crippen LogP contribution in [0.1, 0.15) is 27.7 Å². The van der Waals surface area contributed by atoms with Crippen LogP contribution in [0, 0.1) is 0 Å². The summed E-state index contributed by atoms with van der Waals surface area (Å²) in [6.07, 6.45) is 3.02. The summed E-state index contributed by atoms with van der Waals surface area (Å²) in [4.78, 5) is 0. The van der Waals surface area contributed by atoms with E-state index in [-0.39, 0.29) is 0 Å². The molecule has 0 bridgehead atoms. The molecular formula is C12H21BN2O4S. The van der Waals surface area contributed by atoms with Gasteiger partial charge in [0.05, 0.1) is 11.2 Å². The van der Waals surface area contributed by atoms with E-state index in [9.17, 15) is 8.42 Å². The maximum atomic E-state index is 12.0. The Labute approximate surface area is 121 Å². The Kier molecular flexibility index (Phi) is 3.57. The van der Waals surface area contributed by atoms with Crippen LogP contribution in [-0.4, -0.2) is 49.1 Å². The zero-order chi connectivity index (χ0) is 15.3. The molecular weight excluding hydrogens is 279 g/mol. The number of rotatable bonds is 3. The predicted octanol–water partition coefficient (Wildman–Crippen LogP) is 0.442. The second kappa shape index (κ2) is 4.59. The van der Waals surface area contributed by atoms with Crippen LogP contribution in [0.15, 0.2) is 18.5 Å². The molecule has 0 unspecified atom stereocenters. The molecule has 112 valence electrons. The fourth-order valence-corrected chi connectivity index (χ4v) is 2.69. The lowest BCUT2D eigenvalue weighted by Crippen LogP contribution is -2.41. The van der Waals surface area contributed by atoms with Crippen LogP contribution < -0.4 is 5.46 Å². The zero-order valence-corrected chi connectivity index (χ0v) is 13.6. The lowest BCUT2D eigenvalue weighted by molar-refractivity contribution is 0.00578. The summed E-state index contributed by atoms with van der Waals surface area (Å²) in [6.45, 7) is 7.84. The molecule has 1 aliphatic rings. The highest BCUT2D eigenvalue weighted by atomic mass is 32.2. The summed E-state index contributed by atoms with van der Waals surface area (Å²) in [5, 5.41) is 0. The van der Waals surface area contributed by atoms with Crippen LogP contribution in [0.5, 0.6) is 0 Å². The van der Waals surface area contributed by atoms with E-state index in [1.54, 1.807) is 6.07 Å². The lowest BCUT2D eigenvalue weighted by atomic mass is 9.81. The first-order valence-corrected chi connectivity index (χ1v) is 7.84. The molecule has 0 atom stereocenters. The van der Waals surface area contributed by atoms with Crippen molar-refractivity contribution in [2.24, 2.45) is 0 Å². The Hall–Kier alpha value is -0.825. The minimum absolute atomic E-state index is 0.444. The minimum Gasteiger partial charge on any atom is -0.399 e. The van der Waals surface area contributed by atoms with Gasteiger partial charge in [0.25, 0.3) is 0 Å².